The van der Waals surface area contributed by atoms with Crippen molar-refractivity contribution in [1.82, 2.24) is 0 Å². The van der Waals surface area contributed by atoms with Crippen molar-refractivity contribution in [3.63, 3.8) is 0 Å². The van der Waals surface area contributed by atoms with Crippen LogP contribution in [-0.4, -0.2) is 11.9 Å². The second-order valence-electron chi connectivity index (χ2n) is 4.06. The number of benzene rings is 2. The van der Waals surface area contributed by atoms with Crippen LogP contribution in [0.5, 0.6) is 0 Å². The zero-order chi connectivity index (χ0) is 15.1. The lowest BCUT2D eigenvalue weighted by molar-refractivity contribution is 1.23. The van der Waals surface area contributed by atoms with Crippen LogP contribution >= 0.6 is 0 Å². The van der Waals surface area contributed by atoms with Gasteiger partial charge in [0.2, 0.25) is 5.96 Å². The number of nitrogens with zero attached hydrogens (tertiary/aromatic N) is 4. The van der Waals surface area contributed by atoms with Gasteiger partial charge in [0.15, 0.2) is 5.96 Å². The number of guanidine groups is 2. The van der Waals surface area contributed by atoms with Crippen molar-refractivity contribution in [2.45, 2.75) is 0 Å². The van der Waals surface area contributed by atoms with Crippen molar-refractivity contribution in [3.05, 3.63) is 54.6 Å². The first kappa shape index (κ1) is 14.2. The van der Waals surface area contributed by atoms with E-state index < -0.39 is 0 Å². The summed E-state index contributed by atoms with van der Waals surface area (Å²) in [6.45, 7) is 0. The van der Waals surface area contributed by atoms with E-state index >= 15 is 0 Å². The van der Waals surface area contributed by atoms with Crippen LogP contribution in [0.3, 0.4) is 0 Å². The molecule has 2 aromatic carbocycles. The Balaban J connectivity index is 2.09. The third-order valence-corrected chi connectivity index (χ3v) is 2.37. The van der Waals surface area contributed by atoms with Gasteiger partial charge in [0.1, 0.15) is 0 Å². The van der Waals surface area contributed by atoms with Crippen molar-refractivity contribution in [2.75, 3.05) is 0 Å². The van der Waals surface area contributed by atoms with E-state index in [-0.39, 0.29) is 11.9 Å². The molecule has 2 rings (SSSR count). The summed E-state index contributed by atoms with van der Waals surface area (Å²) in [6.07, 6.45) is 0. The number of aliphatic imine (C=N–C) groups is 2. The van der Waals surface area contributed by atoms with Gasteiger partial charge in [-0.25, -0.2) is 4.99 Å². The summed E-state index contributed by atoms with van der Waals surface area (Å²) < 4.78 is 0. The maximum absolute atomic E-state index is 5.54. The molecule has 7 heteroatoms. The molecular formula is C14H15N7. The molecule has 0 aromatic heterocycles. The monoisotopic (exact) mass is 281 g/mol. The van der Waals surface area contributed by atoms with Crippen LogP contribution in [0.25, 0.3) is 0 Å². The van der Waals surface area contributed by atoms with E-state index in [1.54, 1.807) is 24.3 Å². The van der Waals surface area contributed by atoms with Crippen molar-refractivity contribution < 1.29 is 0 Å². The highest BCUT2D eigenvalue weighted by molar-refractivity contribution is 5.93. The maximum atomic E-state index is 5.54. The molecular weight excluding hydrogens is 266 g/mol. The lowest BCUT2D eigenvalue weighted by Crippen LogP contribution is -2.26. The van der Waals surface area contributed by atoms with Crippen molar-refractivity contribution in [3.8, 4) is 0 Å². The molecule has 0 atom stereocenters. The topological polar surface area (TPSA) is 128 Å². The molecule has 106 valence electrons. The number of nitrogens with two attached hydrogens (primary N) is 3. The van der Waals surface area contributed by atoms with Crippen LogP contribution in [-0.2, 0) is 0 Å². The fourth-order valence-electron chi connectivity index (χ4n) is 1.49. The van der Waals surface area contributed by atoms with Gasteiger partial charge in [0.25, 0.3) is 0 Å². The van der Waals surface area contributed by atoms with E-state index in [0.717, 1.165) is 5.69 Å². The zero-order valence-corrected chi connectivity index (χ0v) is 11.2. The summed E-state index contributed by atoms with van der Waals surface area (Å²) in [5.41, 5.74) is 18.1. The van der Waals surface area contributed by atoms with Gasteiger partial charge < -0.3 is 17.2 Å². The molecule has 0 saturated carbocycles. The van der Waals surface area contributed by atoms with Gasteiger partial charge in [-0.1, -0.05) is 18.2 Å². The Kier molecular flexibility index (Phi) is 4.60. The van der Waals surface area contributed by atoms with E-state index in [4.69, 9.17) is 17.2 Å². The van der Waals surface area contributed by atoms with Crippen LogP contribution in [0, 0.1) is 0 Å². The first-order chi connectivity index (χ1) is 10.1. The van der Waals surface area contributed by atoms with Crippen LogP contribution in [0.15, 0.2) is 74.8 Å². The van der Waals surface area contributed by atoms with Gasteiger partial charge in [-0.05, 0) is 36.4 Å². The fourth-order valence-corrected chi connectivity index (χ4v) is 1.49. The van der Waals surface area contributed by atoms with Gasteiger partial charge in [0.05, 0.1) is 17.1 Å². The third kappa shape index (κ3) is 4.75. The predicted molar refractivity (Wildman–Crippen MR) is 84.2 cm³/mol. The molecule has 0 aliphatic rings. The van der Waals surface area contributed by atoms with Crippen molar-refractivity contribution >= 4 is 29.0 Å². The quantitative estimate of drug-likeness (QED) is 0.453. The second kappa shape index (κ2) is 6.80. The van der Waals surface area contributed by atoms with Gasteiger partial charge in [-0.3, -0.25) is 0 Å². The van der Waals surface area contributed by atoms with Crippen LogP contribution < -0.4 is 17.2 Å². The third-order valence-electron chi connectivity index (χ3n) is 2.37. The first-order valence-corrected chi connectivity index (χ1v) is 6.14. The smallest absolute Gasteiger partial charge is 0.223 e. The highest BCUT2D eigenvalue weighted by Gasteiger charge is 1.94. The molecule has 0 spiro atoms. The Bertz CT molecular complexity index is 668. The number of azo groups is 1. The molecule has 0 saturated heterocycles. The Morgan fingerprint density at radius 2 is 1.19 bits per heavy atom. The van der Waals surface area contributed by atoms with Gasteiger partial charge >= 0.3 is 0 Å². The summed E-state index contributed by atoms with van der Waals surface area (Å²) in [5.74, 6) is -0.141. The lowest BCUT2D eigenvalue weighted by atomic mass is 10.3. The second-order valence-corrected chi connectivity index (χ2v) is 4.06. The molecule has 0 heterocycles. The van der Waals surface area contributed by atoms with Crippen LogP contribution in [0.2, 0.25) is 0 Å². The molecule has 0 radical (unpaired) electrons. The Hall–Kier alpha value is -3.22. The number of hydrogen-bond donors (Lipinski definition) is 3. The standard InChI is InChI=1S/C14H15N7/c15-13(16)19-14(17)18-10-6-8-12(9-7-10)21-20-11-4-2-1-3-5-11/h1-9H,(H6,15,16,17,18,19). The molecule has 6 N–H and O–H groups in total. The summed E-state index contributed by atoms with van der Waals surface area (Å²) >= 11 is 0. The van der Waals surface area contributed by atoms with E-state index in [0.29, 0.717) is 11.4 Å². The fraction of sp³-hybridized carbons (Fsp3) is 0. The van der Waals surface area contributed by atoms with E-state index in [2.05, 4.69) is 20.2 Å². The Morgan fingerprint density at radius 3 is 1.76 bits per heavy atom. The highest BCUT2D eigenvalue weighted by atomic mass is 15.1. The molecule has 0 amide bonds. The summed E-state index contributed by atoms with van der Waals surface area (Å²) in [5, 5.41) is 8.24. The maximum Gasteiger partial charge on any atom is 0.223 e. The molecule has 7 nitrogen and oxygen atoms in total. The zero-order valence-electron chi connectivity index (χ0n) is 11.2. The molecule has 0 unspecified atom stereocenters. The Labute approximate surface area is 121 Å². The molecule has 0 aliphatic carbocycles. The molecule has 0 fully saturated rings. The molecule has 0 aliphatic heterocycles. The minimum absolute atomic E-state index is 0.00587. The minimum Gasteiger partial charge on any atom is -0.370 e. The molecule has 21 heavy (non-hydrogen) atoms. The van der Waals surface area contributed by atoms with Crippen molar-refractivity contribution in [2.24, 2.45) is 37.4 Å². The average molecular weight is 281 g/mol. The van der Waals surface area contributed by atoms with Gasteiger partial charge in [-0.15, -0.1) is 0 Å². The predicted octanol–water partition coefficient (Wildman–Crippen LogP) is 2.32. The van der Waals surface area contributed by atoms with Gasteiger partial charge in [-0.2, -0.15) is 15.2 Å². The number of rotatable bonds is 3. The minimum atomic E-state index is -0.135. The van der Waals surface area contributed by atoms with Gasteiger partial charge in [0, 0.05) is 0 Å². The Morgan fingerprint density at radius 1 is 0.667 bits per heavy atom. The average Bonchev–Trinajstić information content (AvgIpc) is 2.47. The normalized spacial score (nSPS) is 11.5. The van der Waals surface area contributed by atoms with Crippen LogP contribution in [0.4, 0.5) is 17.1 Å². The highest BCUT2D eigenvalue weighted by Crippen LogP contribution is 2.21. The van der Waals surface area contributed by atoms with Crippen molar-refractivity contribution in [1.29, 1.82) is 0 Å². The largest absolute Gasteiger partial charge is 0.370 e. The van der Waals surface area contributed by atoms with E-state index in [9.17, 15) is 0 Å². The lowest BCUT2D eigenvalue weighted by Gasteiger charge is -1.97. The molecule has 0 bridgehead atoms. The van der Waals surface area contributed by atoms with E-state index in [1.807, 2.05) is 30.3 Å². The summed E-state index contributed by atoms with van der Waals surface area (Å²) in [4.78, 5) is 7.66. The van der Waals surface area contributed by atoms with Crippen LogP contribution in [0.1, 0.15) is 0 Å². The SMILES string of the molecule is NC(N)=NC(N)=Nc1ccc(N=Nc2ccccc2)cc1. The van der Waals surface area contributed by atoms with E-state index in [1.165, 1.54) is 0 Å². The summed E-state index contributed by atoms with van der Waals surface area (Å²) in [6, 6.07) is 16.5. The molecule has 2 aromatic rings. The summed E-state index contributed by atoms with van der Waals surface area (Å²) in [7, 11) is 0. The first-order valence-electron chi connectivity index (χ1n) is 6.14. The number of hydrogen-bond acceptors (Lipinski definition) is 3.